The van der Waals surface area contributed by atoms with E-state index < -0.39 is 0 Å². The number of benzene rings is 11. The number of aryl methyl sites for hydroxylation is 4. The largest absolute Gasteiger partial charge is 0.508 e. The lowest BCUT2D eigenvalue weighted by atomic mass is 9.86. The van der Waals surface area contributed by atoms with Crippen LogP contribution in [0.15, 0.2) is 279 Å². The molecule has 18 heteroatoms. The van der Waals surface area contributed by atoms with Crippen LogP contribution in [-0.4, -0.2) is 171 Å². The van der Waals surface area contributed by atoms with E-state index >= 15 is 0 Å². The Morgan fingerprint density at radius 3 is 0.804 bits per heavy atom. The summed E-state index contributed by atoms with van der Waals surface area (Å²) in [5.41, 5.74) is 9.20. The first kappa shape index (κ1) is 138. The van der Waals surface area contributed by atoms with Crippen LogP contribution in [0.5, 0.6) is 51.7 Å². The smallest absolute Gasteiger partial charge is 0.127 e. The molecule has 9 saturated heterocycles. The van der Waals surface area contributed by atoms with Gasteiger partial charge in [0.15, 0.2) is 0 Å². The molecular formula is C130H198O18. The number of phenols is 2. The van der Waals surface area contributed by atoms with Crippen molar-refractivity contribution < 1.29 is 86.0 Å². The minimum atomic E-state index is 0.118. The molecule has 0 aromatic heterocycles. The van der Waals surface area contributed by atoms with Crippen molar-refractivity contribution in [3.8, 4) is 62.9 Å². The summed E-state index contributed by atoms with van der Waals surface area (Å²) in [6.45, 7) is 77.7. The first-order valence-corrected chi connectivity index (χ1v) is 55.2. The van der Waals surface area contributed by atoms with Crippen LogP contribution in [0.4, 0.5) is 0 Å². The Hall–Kier alpha value is -10.5. The minimum absolute atomic E-state index is 0.118. The lowest BCUT2D eigenvalue weighted by Gasteiger charge is -2.23. The average molecular weight is 2050 g/mol. The molecule has 0 bridgehead atoms. The van der Waals surface area contributed by atoms with Crippen molar-refractivity contribution in [1.29, 1.82) is 0 Å². The van der Waals surface area contributed by atoms with Crippen molar-refractivity contribution >= 4 is 10.8 Å². The van der Waals surface area contributed by atoms with E-state index in [2.05, 4.69) is 223 Å². The van der Waals surface area contributed by atoms with Crippen LogP contribution in [0.3, 0.4) is 0 Å². The molecular weight excluding hydrogens is 1850 g/mol. The van der Waals surface area contributed by atoms with Crippen molar-refractivity contribution in [2.75, 3.05) is 106 Å². The number of fused-ring (bicyclic) bond motifs is 1. The Labute approximate surface area is 898 Å². The van der Waals surface area contributed by atoms with Gasteiger partial charge in [-0.2, -0.15) is 0 Å². The van der Waals surface area contributed by atoms with E-state index in [1.54, 1.807) is 48.5 Å². The van der Waals surface area contributed by atoms with Crippen molar-refractivity contribution in [2.45, 2.75) is 320 Å². The Kier molecular flexibility index (Phi) is 83.0. The zero-order chi connectivity index (χ0) is 110. The summed E-state index contributed by atoms with van der Waals surface area (Å²) in [6.07, 6.45) is 11.8. The third-order valence-corrected chi connectivity index (χ3v) is 19.2. The standard InChI is InChI=1S/C16H18.C14H20O2.C13H12O2.C12H14O4.C10H12O2.2C9H10O2.2C6H6O.2C4H8O.2C4H10.3C3H8.5C2H6/c1-3-13-5-9-15(10-6-13)16-11-7-14(4-2)8-12-16;1-10-5-6-12(14(2,3)4)13(7-10)16-9-11-8-15-11;1-2-6-12-10(4-1)5-3-7-13(12)15-9-11-8-14-11;1-2-9(13-5-11-7-15-11)4-10(3-1)14-6-12-8-16-12;1-8-4-2-3-5-10(8)12-7-9-6-11-9;2*1-2-4-8(5-3-1)10-6-9-7-11-9;2*7-6-4-2-1-3-5-6;2*1-2-4-3-5-4;2*1-4(2)3;3*1-3-2;5*1-2/h5-12H,3-4H2,1-2H3;5-7,11H,8-9H2,1-4H3;1-7,11H,8-9H2;1-4,11-12H,5-8H2;2-5,9H,6-7H2,1H3;2*1-5,9H,6-7H2;2*1-5,7H;2*4H,2-3H2,1H3;2*4H,1-3H3;3*3H2,1-2H3;5*1-2H3. The van der Waals surface area contributed by atoms with Gasteiger partial charge in [-0.15, -0.1) is 0 Å². The molecule has 9 atom stereocenters. The first-order valence-electron chi connectivity index (χ1n) is 55.2. The molecule has 20 rings (SSSR count). The average Bonchev–Trinajstić information content (AvgIpc) is 1.25. The summed E-state index contributed by atoms with van der Waals surface area (Å²) in [5.74, 6) is 8.71. The molecule has 0 aliphatic carbocycles. The highest BCUT2D eigenvalue weighted by atomic mass is 16.6. The molecule has 148 heavy (non-hydrogen) atoms. The fourth-order valence-corrected chi connectivity index (χ4v) is 10.9. The highest BCUT2D eigenvalue weighted by Crippen LogP contribution is 2.34. The Morgan fingerprint density at radius 1 is 0.270 bits per heavy atom. The van der Waals surface area contributed by atoms with E-state index in [0.29, 0.717) is 100 Å². The molecule has 2 N–H and O–H groups in total. The predicted molar refractivity (Wildman–Crippen MR) is 624 cm³/mol. The van der Waals surface area contributed by atoms with Crippen LogP contribution in [-0.2, 0) is 60.9 Å². The van der Waals surface area contributed by atoms with Gasteiger partial charge >= 0.3 is 0 Å². The van der Waals surface area contributed by atoms with Crippen molar-refractivity contribution in [3.05, 3.63) is 307 Å². The maximum absolute atomic E-state index is 8.63. The van der Waals surface area contributed by atoms with Crippen molar-refractivity contribution in [1.82, 2.24) is 0 Å². The number of hydrogen-bond donors (Lipinski definition) is 2. The van der Waals surface area contributed by atoms with E-state index in [1.807, 2.05) is 222 Å². The summed E-state index contributed by atoms with van der Waals surface area (Å²) in [6, 6.07) is 91.1. The predicted octanol–water partition coefficient (Wildman–Crippen LogP) is 33.2. The third kappa shape index (κ3) is 78.7. The molecule has 9 unspecified atom stereocenters. The van der Waals surface area contributed by atoms with Gasteiger partial charge in [-0.25, -0.2) is 0 Å². The van der Waals surface area contributed by atoms with E-state index in [1.165, 1.54) is 81.8 Å². The number of phenolic OH excluding ortho intramolecular Hbond substituents is 2. The third-order valence-electron chi connectivity index (χ3n) is 19.2. The normalized spacial score (nSPS) is 17.0. The number of rotatable bonds is 26. The summed E-state index contributed by atoms with van der Waals surface area (Å²) >= 11 is 0. The lowest BCUT2D eigenvalue weighted by Crippen LogP contribution is -2.15. The molecule has 18 nitrogen and oxygen atoms in total. The van der Waals surface area contributed by atoms with Crippen LogP contribution in [0.25, 0.3) is 21.9 Å². The molecule has 826 valence electrons. The first-order chi connectivity index (χ1) is 71.7. The van der Waals surface area contributed by atoms with Gasteiger partial charge in [-0.3, -0.25) is 0 Å². The zero-order valence-corrected chi connectivity index (χ0v) is 97.1. The Morgan fingerprint density at radius 2 is 0.520 bits per heavy atom. The van der Waals surface area contributed by atoms with Gasteiger partial charge in [0.1, 0.15) is 141 Å². The van der Waals surface area contributed by atoms with Gasteiger partial charge in [-0.05, 0) is 180 Å². The lowest BCUT2D eigenvalue weighted by molar-refractivity contribution is 0.252. The molecule has 9 aliphatic heterocycles. The fourth-order valence-electron chi connectivity index (χ4n) is 10.9. The quantitative estimate of drug-likeness (QED) is 0.0482. The molecule has 0 amide bonds. The second kappa shape index (κ2) is 89.3. The molecule has 9 heterocycles. The molecule has 0 radical (unpaired) electrons. The SMILES string of the molecule is CC.CC.CC.CC.CC.CC(C)C.CC(C)C.CCC.CCC.CCC.CCC1CO1.CCC1CO1.CCc1ccc(-c2ccc(CC)cc2)cc1.Cc1ccc(C(C)(C)C)c(OCC2CO2)c1.Cc1ccccc1OCC1CO1.Oc1ccccc1.Oc1ccccc1.c1cc(OCC2CO2)cc(OCC2CO2)c1.c1ccc(OCC2CO2)cc1.c1ccc(OCC2CO2)cc1.c1ccc2c(OCC3CO3)cccc2c1. The highest BCUT2D eigenvalue weighted by molar-refractivity contribution is 5.88. The van der Waals surface area contributed by atoms with E-state index in [-0.39, 0.29) is 17.6 Å². The second-order valence-corrected chi connectivity index (χ2v) is 36.5. The zero-order valence-electron chi connectivity index (χ0n) is 97.1. The van der Waals surface area contributed by atoms with Gasteiger partial charge in [-0.1, -0.05) is 414 Å². The van der Waals surface area contributed by atoms with Crippen LogP contribution >= 0.6 is 0 Å². The summed E-state index contributed by atoms with van der Waals surface area (Å²) in [5, 5.41) is 19.6. The van der Waals surface area contributed by atoms with Crippen molar-refractivity contribution in [2.24, 2.45) is 11.8 Å². The molecule has 11 aromatic carbocycles. The summed E-state index contributed by atoms with van der Waals surface area (Å²) < 4.78 is 84.2. The van der Waals surface area contributed by atoms with Gasteiger partial charge in [0.2, 0.25) is 0 Å². The molecule has 9 aliphatic rings. The topological polar surface area (TPSA) is 218 Å². The number of hydrogen-bond acceptors (Lipinski definition) is 18. The van der Waals surface area contributed by atoms with E-state index in [0.717, 1.165) is 124 Å². The maximum atomic E-state index is 8.63. The Balaban J connectivity index is 0.00000159. The molecule has 0 spiro atoms. The number of ether oxygens (including phenoxy) is 16. The molecule has 11 aromatic rings. The van der Waals surface area contributed by atoms with Gasteiger partial charge in [0.25, 0.3) is 0 Å². The molecule has 0 saturated carbocycles. The van der Waals surface area contributed by atoms with Gasteiger partial charge in [0, 0.05) is 11.5 Å². The fraction of sp³-hybridized carbons (Fsp3) is 0.508. The molecule has 9 fully saturated rings. The van der Waals surface area contributed by atoms with E-state index in [9.17, 15) is 0 Å². The van der Waals surface area contributed by atoms with Crippen LogP contribution in [0.2, 0.25) is 0 Å². The van der Waals surface area contributed by atoms with Gasteiger partial charge in [0.05, 0.1) is 71.7 Å². The number of epoxide rings is 9. The highest BCUT2D eigenvalue weighted by Gasteiger charge is 2.29. The monoisotopic (exact) mass is 2050 g/mol. The number of aromatic hydroxyl groups is 2. The van der Waals surface area contributed by atoms with E-state index in [4.69, 9.17) is 86.0 Å². The maximum Gasteiger partial charge on any atom is 0.127 e. The second-order valence-electron chi connectivity index (χ2n) is 36.5. The Bertz CT molecular complexity index is 4570. The summed E-state index contributed by atoms with van der Waals surface area (Å²) in [7, 11) is 0. The number of para-hydroxylation sites is 5. The minimum Gasteiger partial charge on any atom is -0.508 e. The van der Waals surface area contributed by atoms with Crippen molar-refractivity contribution in [3.63, 3.8) is 0 Å². The van der Waals surface area contributed by atoms with Crippen LogP contribution < -0.4 is 33.2 Å². The van der Waals surface area contributed by atoms with Crippen LogP contribution in [0.1, 0.15) is 261 Å². The summed E-state index contributed by atoms with van der Waals surface area (Å²) in [4.78, 5) is 0. The van der Waals surface area contributed by atoms with Crippen LogP contribution in [0, 0.1) is 25.7 Å². The van der Waals surface area contributed by atoms with Gasteiger partial charge < -0.3 is 86.0 Å².